The summed E-state index contributed by atoms with van der Waals surface area (Å²) in [7, 11) is 1.96. The van der Waals surface area contributed by atoms with Crippen LogP contribution < -0.4 is 10.9 Å². The quantitative estimate of drug-likeness (QED) is 0.845. The molecule has 0 aliphatic carbocycles. The monoisotopic (exact) mass is 245 g/mol. The lowest BCUT2D eigenvalue weighted by Gasteiger charge is -2.07. The second-order valence-electron chi connectivity index (χ2n) is 4.15. The van der Waals surface area contributed by atoms with Gasteiger partial charge in [-0.25, -0.2) is 0 Å². The fourth-order valence-corrected chi connectivity index (χ4v) is 1.67. The molecule has 18 heavy (non-hydrogen) atoms. The Kier molecular flexibility index (Phi) is 3.32. The van der Waals surface area contributed by atoms with E-state index in [4.69, 9.17) is 0 Å². The topological polar surface area (TPSA) is 66.9 Å². The van der Waals surface area contributed by atoms with Gasteiger partial charge in [-0.15, -0.1) is 0 Å². The van der Waals surface area contributed by atoms with Crippen LogP contribution in [-0.2, 0) is 13.6 Å². The van der Waals surface area contributed by atoms with E-state index in [1.54, 1.807) is 0 Å². The first-order chi connectivity index (χ1) is 8.58. The molecule has 1 amide bonds. The summed E-state index contributed by atoms with van der Waals surface area (Å²) in [5.41, 5.74) is 2.40. The maximum Gasteiger partial charge on any atom is 0.253 e. The number of hydrogen-bond donors (Lipinski definition) is 2. The van der Waals surface area contributed by atoms with Gasteiger partial charge >= 0.3 is 0 Å². The van der Waals surface area contributed by atoms with E-state index in [2.05, 4.69) is 10.3 Å². The number of amides is 1. The summed E-state index contributed by atoms with van der Waals surface area (Å²) in [5, 5.41) is 2.81. The Balaban J connectivity index is 2.02. The average molecular weight is 245 g/mol. The summed E-state index contributed by atoms with van der Waals surface area (Å²) < 4.78 is 2.02. The highest BCUT2D eigenvalue weighted by Gasteiger charge is 2.06. The van der Waals surface area contributed by atoms with Crippen LogP contribution in [0.15, 0.2) is 35.3 Å². The molecule has 0 aromatic carbocycles. The van der Waals surface area contributed by atoms with Crippen molar-refractivity contribution in [1.29, 1.82) is 0 Å². The molecule has 2 aromatic rings. The van der Waals surface area contributed by atoms with Crippen LogP contribution in [0.3, 0.4) is 0 Å². The first-order valence-corrected chi connectivity index (χ1v) is 5.66. The maximum absolute atomic E-state index is 11.8. The molecule has 0 unspecified atom stereocenters. The second kappa shape index (κ2) is 4.91. The highest BCUT2D eigenvalue weighted by Crippen LogP contribution is 2.05. The fraction of sp³-hybridized carbons (Fsp3) is 0.231. The molecule has 0 radical (unpaired) electrons. The Morgan fingerprint density at radius 2 is 2.11 bits per heavy atom. The average Bonchev–Trinajstić information content (AvgIpc) is 2.68. The largest absolute Gasteiger partial charge is 0.350 e. The van der Waals surface area contributed by atoms with Crippen molar-refractivity contribution in [2.24, 2.45) is 7.05 Å². The number of pyridine rings is 1. The van der Waals surface area contributed by atoms with Gasteiger partial charge in [0.2, 0.25) is 5.56 Å². The highest BCUT2D eigenvalue weighted by molar-refractivity contribution is 5.93. The Morgan fingerprint density at radius 3 is 2.67 bits per heavy atom. The van der Waals surface area contributed by atoms with Crippen molar-refractivity contribution in [1.82, 2.24) is 14.9 Å². The molecule has 2 rings (SSSR count). The van der Waals surface area contributed by atoms with Crippen LogP contribution in [-0.4, -0.2) is 15.5 Å². The SMILES string of the molecule is Cc1ccc(CNC(=O)c2ccc(=O)[nH]c2)n1C. The summed E-state index contributed by atoms with van der Waals surface area (Å²) in [4.78, 5) is 25.2. The van der Waals surface area contributed by atoms with Crippen LogP contribution >= 0.6 is 0 Å². The molecule has 94 valence electrons. The van der Waals surface area contributed by atoms with E-state index in [9.17, 15) is 9.59 Å². The first-order valence-electron chi connectivity index (χ1n) is 5.66. The summed E-state index contributed by atoms with van der Waals surface area (Å²) in [6.07, 6.45) is 1.41. The molecule has 0 atom stereocenters. The molecule has 0 saturated carbocycles. The molecule has 0 aliphatic rings. The van der Waals surface area contributed by atoms with Crippen LogP contribution in [0.1, 0.15) is 21.7 Å². The number of rotatable bonds is 3. The van der Waals surface area contributed by atoms with E-state index in [0.29, 0.717) is 12.1 Å². The molecule has 0 saturated heterocycles. The van der Waals surface area contributed by atoms with Gasteiger partial charge in [0.25, 0.3) is 5.91 Å². The van der Waals surface area contributed by atoms with Gasteiger partial charge in [0.1, 0.15) is 0 Å². The molecule has 2 aromatic heterocycles. The molecular weight excluding hydrogens is 230 g/mol. The highest BCUT2D eigenvalue weighted by atomic mass is 16.1. The maximum atomic E-state index is 11.8. The van der Waals surface area contributed by atoms with E-state index in [1.807, 2.05) is 30.7 Å². The minimum atomic E-state index is -0.218. The van der Waals surface area contributed by atoms with Gasteiger partial charge in [-0.05, 0) is 25.1 Å². The lowest BCUT2D eigenvalue weighted by atomic mass is 10.2. The zero-order chi connectivity index (χ0) is 13.1. The molecule has 0 bridgehead atoms. The Hall–Kier alpha value is -2.30. The van der Waals surface area contributed by atoms with Gasteiger partial charge < -0.3 is 14.9 Å². The molecule has 5 nitrogen and oxygen atoms in total. The molecule has 0 fully saturated rings. The van der Waals surface area contributed by atoms with E-state index in [-0.39, 0.29) is 11.5 Å². The number of hydrogen-bond acceptors (Lipinski definition) is 2. The summed E-state index contributed by atoms with van der Waals surface area (Å²) in [6.45, 7) is 2.47. The van der Waals surface area contributed by atoms with Crippen LogP contribution in [0.25, 0.3) is 0 Å². The predicted octanol–water partition coefficient (Wildman–Crippen LogP) is 0.952. The van der Waals surface area contributed by atoms with Crippen molar-refractivity contribution in [3.05, 3.63) is 57.8 Å². The van der Waals surface area contributed by atoms with Crippen molar-refractivity contribution < 1.29 is 4.79 Å². The van der Waals surface area contributed by atoms with Gasteiger partial charge in [-0.1, -0.05) is 0 Å². The Bertz CT molecular complexity index is 605. The number of aromatic nitrogens is 2. The molecular formula is C13H15N3O2. The van der Waals surface area contributed by atoms with E-state index >= 15 is 0 Å². The number of aromatic amines is 1. The van der Waals surface area contributed by atoms with E-state index < -0.39 is 0 Å². The molecule has 0 aliphatic heterocycles. The zero-order valence-corrected chi connectivity index (χ0v) is 10.4. The van der Waals surface area contributed by atoms with Gasteiger partial charge in [-0.3, -0.25) is 9.59 Å². The summed E-state index contributed by atoms with van der Waals surface area (Å²) in [5.74, 6) is -0.204. The first kappa shape index (κ1) is 12.2. The third-order valence-electron chi connectivity index (χ3n) is 2.95. The van der Waals surface area contributed by atoms with Gasteiger partial charge in [0.05, 0.1) is 12.1 Å². The Morgan fingerprint density at radius 1 is 1.33 bits per heavy atom. The Labute approximate surface area is 104 Å². The van der Waals surface area contributed by atoms with E-state index in [1.165, 1.54) is 18.3 Å². The number of carbonyl (C=O) groups is 1. The predicted molar refractivity (Wildman–Crippen MR) is 68.4 cm³/mol. The summed E-state index contributed by atoms with van der Waals surface area (Å²) in [6, 6.07) is 6.82. The zero-order valence-electron chi connectivity index (χ0n) is 10.4. The van der Waals surface area contributed by atoms with Gasteiger partial charge in [0, 0.05) is 30.7 Å². The van der Waals surface area contributed by atoms with Crippen LogP contribution in [0.5, 0.6) is 0 Å². The summed E-state index contributed by atoms with van der Waals surface area (Å²) >= 11 is 0. The number of nitrogens with one attached hydrogen (secondary N) is 2. The molecule has 5 heteroatoms. The molecule has 2 heterocycles. The van der Waals surface area contributed by atoms with Gasteiger partial charge in [0.15, 0.2) is 0 Å². The van der Waals surface area contributed by atoms with Crippen molar-refractivity contribution >= 4 is 5.91 Å². The van der Waals surface area contributed by atoms with Crippen molar-refractivity contribution in [2.45, 2.75) is 13.5 Å². The number of aryl methyl sites for hydroxylation is 1. The minimum Gasteiger partial charge on any atom is -0.350 e. The lowest BCUT2D eigenvalue weighted by molar-refractivity contribution is 0.0949. The molecule has 2 N–H and O–H groups in total. The smallest absolute Gasteiger partial charge is 0.253 e. The number of H-pyrrole nitrogens is 1. The minimum absolute atomic E-state index is 0.204. The lowest BCUT2D eigenvalue weighted by Crippen LogP contribution is -2.24. The normalized spacial score (nSPS) is 10.3. The second-order valence-corrected chi connectivity index (χ2v) is 4.15. The third-order valence-corrected chi connectivity index (χ3v) is 2.95. The van der Waals surface area contributed by atoms with Crippen molar-refractivity contribution in [2.75, 3.05) is 0 Å². The van der Waals surface area contributed by atoms with E-state index in [0.717, 1.165) is 11.4 Å². The van der Waals surface area contributed by atoms with Gasteiger partial charge in [-0.2, -0.15) is 0 Å². The van der Waals surface area contributed by atoms with Crippen LogP contribution in [0.4, 0.5) is 0 Å². The number of nitrogens with zero attached hydrogens (tertiary/aromatic N) is 1. The fourth-order valence-electron chi connectivity index (χ4n) is 1.67. The van der Waals surface area contributed by atoms with Crippen molar-refractivity contribution in [3.8, 4) is 0 Å². The molecule has 0 spiro atoms. The standard InChI is InChI=1S/C13H15N3O2/c1-9-3-5-11(16(9)2)8-15-13(18)10-4-6-12(17)14-7-10/h3-7H,8H2,1-2H3,(H,14,17)(H,15,18). The van der Waals surface area contributed by atoms with Crippen LogP contribution in [0, 0.1) is 6.92 Å². The van der Waals surface area contributed by atoms with Crippen LogP contribution in [0.2, 0.25) is 0 Å². The van der Waals surface area contributed by atoms with Crippen molar-refractivity contribution in [3.63, 3.8) is 0 Å². The number of carbonyl (C=O) groups excluding carboxylic acids is 1. The third kappa shape index (κ3) is 2.51.